The van der Waals surface area contributed by atoms with Gasteiger partial charge in [-0.2, -0.15) is 0 Å². The van der Waals surface area contributed by atoms with E-state index < -0.39 is 0 Å². The largest absolute Gasteiger partial charge is 0.468 e. The molecule has 0 aromatic carbocycles. The second kappa shape index (κ2) is 9.28. The summed E-state index contributed by atoms with van der Waals surface area (Å²) in [6, 6.07) is -0.251. The molecule has 1 atom stereocenters. The highest BCUT2D eigenvalue weighted by molar-refractivity contribution is 5.75. The summed E-state index contributed by atoms with van der Waals surface area (Å²) < 4.78 is 10.4. The van der Waals surface area contributed by atoms with E-state index in [1.807, 2.05) is 7.05 Å². The number of rotatable bonds is 11. The molecule has 0 amide bonds. The van der Waals surface area contributed by atoms with E-state index in [4.69, 9.17) is 9.47 Å². The molecule has 0 saturated heterocycles. The van der Waals surface area contributed by atoms with Gasteiger partial charge in [-0.3, -0.25) is 4.79 Å². The Balaban J connectivity index is 2.16. The fourth-order valence-electron chi connectivity index (χ4n) is 1.84. The van der Waals surface area contributed by atoms with Crippen LogP contribution in [0.4, 0.5) is 0 Å². The minimum Gasteiger partial charge on any atom is -0.468 e. The highest BCUT2D eigenvalue weighted by atomic mass is 16.5. The van der Waals surface area contributed by atoms with E-state index in [0.29, 0.717) is 6.54 Å². The predicted molar refractivity (Wildman–Crippen MR) is 75.1 cm³/mol. The Morgan fingerprint density at radius 1 is 1.47 bits per heavy atom. The van der Waals surface area contributed by atoms with Gasteiger partial charge < -0.3 is 19.7 Å². The summed E-state index contributed by atoms with van der Waals surface area (Å²) in [4.78, 5) is 13.7. The van der Waals surface area contributed by atoms with Gasteiger partial charge in [0.15, 0.2) is 0 Å². The Kier molecular flexibility index (Phi) is 8.02. The summed E-state index contributed by atoms with van der Waals surface area (Å²) in [5, 5.41) is 3.21. The number of ether oxygens (including phenoxy) is 2. The topological polar surface area (TPSA) is 50.8 Å². The third kappa shape index (κ3) is 7.50. The Hall–Kier alpha value is -0.650. The molecule has 0 aromatic heterocycles. The van der Waals surface area contributed by atoms with E-state index in [1.165, 1.54) is 20.0 Å². The van der Waals surface area contributed by atoms with Crippen LogP contribution < -0.4 is 5.32 Å². The van der Waals surface area contributed by atoms with Crippen molar-refractivity contribution in [3.8, 4) is 0 Å². The molecule has 0 spiro atoms. The molecule has 1 rings (SSSR count). The molecule has 1 saturated carbocycles. The molecular formula is C14H28N2O3. The summed E-state index contributed by atoms with van der Waals surface area (Å²) in [5.74, 6) is 0.610. The molecule has 0 aromatic rings. The zero-order valence-electron chi connectivity index (χ0n) is 12.5. The maximum absolute atomic E-state index is 11.6. The molecular weight excluding hydrogens is 244 g/mol. The second-order valence-electron chi connectivity index (χ2n) is 5.31. The monoisotopic (exact) mass is 272 g/mol. The fourth-order valence-corrected chi connectivity index (χ4v) is 1.84. The summed E-state index contributed by atoms with van der Waals surface area (Å²) in [6.45, 7) is 6.02. The van der Waals surface area contributed by atoms with E-state index in [9.17, 15) is 4.79 Å². The zero-order chi connectivity index (χ0) is 14.1. The van der Waals surface area contributed by atoms with Gasteiger partial charge in [0, 0.05) is 19.7 Å². The van der Waals surface area contributed by atoms with Crippen LogP contribution in [0.25, 0.3) is 0 Å². The van der Waals surface area contributed by atoms with Crippen molar-refractivity contribution in [2.75, 3.05) is 47.0 Å². The molecule has 19 heavy (non-hydrogen) atoms. The van der Waals surface area contributed by atoms with E-state index in [1.54, 1.807) is 0 Å². The van der Waals surface area contributed by atoms with Gasteiger partial charge in [0.2, 0.25) is 0 Å². The van der Waals surface area contributed by atoms with Crippen molar-refractivity contribution in [2.45, 2.75) is 32.2 Å². The van der Waals surface area contributed by atoms with Crippen LogP contribution in [-0.2, 0) is 14.3 Å². The Morgan fingerprint density at radius 3 is 2.79 bits per heavy atom. The first-order valence-electron chi connectivity index (χ1n) is 7.24. The van der Waals surface area contributed by atoms with Gasteiger partial charge in [-0.05, 0) is 38.8 Å². The van der Waals surface area contributed by atoms with Crippen LogP contribution in [0.15, 0.2) is 0 Å². The van der Waals surface area contributed by atoms with Gasteiger partial charge in [0.1, 0.15) is 6.04 Å². The van der Waals surface area contributed by atoms with Crippen molar-refractivity contribution < 1.29 is 14.3 Å². The Labute approximate surface area is 116 Å². The van der Waals surface area contributed by atoms with Gasteiger partial charge in [-0.1, -0.05) is 6.92 Å². The average Bonchev–Trinajstić information content (AvgIpc) is 3.22. The number of methoxy groups -OCH3 is 1. The third-order valence-corrected chi connectivity index (χ3v) is 3.29. The van der Waals surface area contributed by atoms with Crippen LogP contribution in [0.3, 0.4) is 0 Å². The van der Waals surface area contributed by atoms with E-state index in [2.05, 4.69) is 17.1 Å². The molecule has 1 unspecified atom stereocenters. The predicted octanol–water partition coefficient (Wildman–Crippen LogP) is 0.886. The van der Waals surface area contributed by atoms with Crippen LogP contribution >= 0.6 is 0 Å². The van der Waals surface area contributed by atoms with Crippen LogP contribution in [-0.4, -0.2) is 63.9 Å². The lowest BCUT2D eigenvalue weighted by atomic mass is 10.2. The highest BCUT2D eigenvalue weighted by Gasteiger charge is 2.22. The zero-order valence-corrected chi connectivity index (χ0v) is 12.5. The van der Waals surface area contributed by atoms with Crippen molar-refractivity contribution in [3.05, 3.63) is 0 Å². The summed E-state index contributed by atoms with van der Waals surface area (Å²) in [7, 11) is 3.44. The van der Waals surface area contributed by atoms with Gasteiger partial charge >= 0.3 is 5.97 Å². The molecule has 1 aliphatic carbocycles. The van der Waals surface area contributed by atoms with Crippen molar-refractivity contribution in [3.63, 3.8) is 0 Å². The normalized spacial score (nSPS) is 16.6. The SMILES string of the molecule is CCCNC(CN(C)CCOCC1CC1)C(=O)OC. The molecule has 0 heterocycles. The first-order valence-corrected chi connectivity index (χ1v) is 7.24. The minimum atomic E-state index is -0.251. The first kappa shape index (κ1) is 16.4. The number of nitrogens with one attached hydrogen (secondary N) is 1. The maximum atomic E-state index is 11.6. The van der Waals surface area contributed by atoms with Gasteiger partial charge in [0.25, 0.3) is 0 Å². The van der Waals surface area contributed by atoms with E-state index >= 15 is 0 Å². The van der Waals surface area contributed by atoms with Gasteiger partial charge in [-0.15, -0.1) is 0 Å². The maximum Gasteiger partial charge on any atom is 0.324 e. The second-order valence-corrected chi connectivity index (χ2v) is 5.31. The molecule has 0 bridgehead atoms. The van der Waals surface area contributed by atoms with E-state index in [0.717, 1.165) is 38.6 Å². The van der Waals surface area contributed by atoms with Crippen molar-refractivity contribution >= 4 is 5.97 Å². The lowest BCUT2D eigenvalue weighted by molar-refractivity contribution is -0.143. The van der Waals surface area contributed by atoms with Crippen LogP contribution in [0.2, 0.25) is 0 Å². The molecule has 5 heteroatoms. The van der Waals surface area contributed by atoms with Crippen molar-refractivity contribution in [1.29, 1.82) is 0 Å². The van der Waals surface area contributed by atoms with E-state index in [-0.39, 0.29) is 12.0 Å². The molecule has 1 aliphatic rings. The van der Waals surface area contributed by atoms with Crippen molar-refractivity contribution in [2.24, 2.45) is 5.92 Å². The quantitative estimate of drug-likeness (QED) is 0.447. The lowest BCUT2D eigenvalue weighted by Gasteiger charge is -2.23. The Bertz CT molecular complexity index is 257. The molecule has 5 nitrogen and oxygen atoms in total. The van der Waals surface area contributed by atoms with Gasteiger partial charge in [0.05, 0.1) is 13.7 Å². The number of hydrogen-bond donors (Lipinski definition) is 1. The fraction of sp³-hybridized carbons (Fsp3) is 0.929. The lowest BCUT2D eigenvalue weighted by Crippen LogP contribution is -2.46. The number of nitrogens with zero attached hydrogens (tertiary/aromatic N) is 1. The standard InChI is InChI=1S/C14H28N2O3/c1-4-7-15-13(14(17)18-3)10-16(2)8-9-19-11-12-5-6-12/h12-13,15H,4-11H2,1-3H3. The van der Waals surface area contributed by atoms with Crippen LogP contribution in [0.1, 0.15) is 26.2 Å². The number of esters is 1. The smallest absolute Gasteiger partial charge is 0.324 e. The molecule has 1 N–H and O–H groups in total. The van der Waals surface area contributed by atoms with Gasteiger partial charge in [-0.25, -0.2) is 0 Å². The molecule has 0 radical (unpaired) electrons. The van der Waals surface area contributed by atoms with Crippen LogP contribution in [0, 0.1) is 5.92 Å². The number of carbonyl (C=O) groups excluding carboxylic acids is 1. The molecule has 112 valence electrons. The van der Waals surface area contributed by atoms with Crippen LogP contribution in [0.5, 0.6) is 0 Å². The van der Waals surface area contributed by atoms with Crippen molar-refractivity contribution in [1.82, 2.24) is 10.2 Å². The number of hydrogen-bond acceptors (Lipinski definition) is 5. The molecule has 0 aliphatic heterocycles. The average molecular weight is 272 g/mol. The summed E-state index contributed by atoms with van der Waals surface area (Å²) in [5.41, 5.74) is 0. The minimum absolute atomic E-state index is 0.195. The summed E-state index contributed by atoms with van der Waals surface area (Å²) in [6.07, 6.45) is 3.64. The third-order valence-electron chi connectivity index (χ3n) is 3.29. The number of carbonyl (C=O) groups is 1. The molecule has 1 fully saturated rings. The summed E-state index contributed by atoms with van der Waals surface area (Å²) >= 11 is 0. The number of likely N-dealkylation sites (N-methyl/N-ethyl adjacent to an activating group) is 1. The Morgan fingerprint density at radius 2 is 2.21 bits per heavy atom. The highest BCUT2D eigenvalue weighted by Crippen LogP contribution is 2.28. The first-order chi connectivity index (χ1) is 9.17.